The monoisotopic (exact) mass is 329 g/mol. The molecule has 2 aromatic carbocycles. The Kier molecular flexibility index (Phi) is 6.20. The number of benzene rings is 2. The zero-order valence-electron chi connectivity index (χ0n) is 13.0. The maximum Gasteiger partial charge on any atom is 0.241 e. The summed E-state index contributed by atoms with van der Waals surface area (Å²) in [6, 6.07) is 20.2. The largest absolute Gasteiger partial charge is 0.475 e. The molecule has 0 bridgehead atoms. The first kappa shape index (κ1) is 17.1. The number of likely N-dealkylation sites (N-methyl/N-ethyl adjacent to an activating group) is 1. The molecular formula is C18H20ClN3O. The first-order valence-electron chi connectivity index (χ1n) is 7.36. The van der Waals surface area contributed by atoms with E-state index in [1.54, 1.807) is 0 Å². The van der Waals surface area contributed by atoms with Crippen molar-refractivity contribution in [2.24, 2.45) is 0 Å². The van der Waals surface area contributed by atoms with Gasteiger partial charge in [-0.05, 0) is 24.7 Å². The van der Waals surface area contributed by atoms with Crippen LogP contribution in [-0.2, 0) is 0 Å². The summed E-state index contributed by atoms with van der Waals surface area (Å²) in [6.45, 7) is 1.37. The molecule has 120 valence electrons. The van der Waals surface area contributed by atoms with E-state index in [0.717, 1.165) is 23.4 Å². The summed E-state index contributed by atoms with van der Waals surface area (Å²) in [7, 11) is 1.91. The van der Waals surface area contributed by atoms with Crippen LogP contribution < -0.4 is 10.1 Å². The highest BCUT2D eigenvalue weighted by atomic mass is 35.5. The van der Waals surface area contributed by atoms with E-state index in [-0.39, 0.29) is 12.4 Å². The Morgan fingerprint density at radius 1 is 1.00 bits per heavy atom. The molecule has 0 amide bonds. The standard InChI is InChI=1S/C18H19N3O.ClH/c1-19-12-13-22-18-17(15-8-4-2-5-9-15)14-21(20-18)16-10-6-3-7-11-16;/h2-11,14,19H,12-13H2,1H3;1H. The molecule has 4 nitrogen and oxygen atoms in total. The van der Waals surface area contributed by atoms with E-state index in [1.165, 1.54) is 0 Å². The molecule has 5 heteroatoms. The Morgan fingerprint density at radius 3 is 2.30 bits per heavy atom. The van der Waals surface area contributed by atoms with E-state index >= 15 is 0 Å². The van der Waals surface area contributed by atoms with Crippen LogP contribution in [0.1, 0.15) is 0 Å². The van der Waals surface area contributed by atoms with Gasteiger partial charge >= 0.3 is 0 Å². The van der Waals surface area contributed by atoms with Gasteiger partial charge in [0, 0.05) is 12.7 Å². The summed E-state index contributed by atoms with van der Waals surface area (Å²) in [4.78, 5) is 0. The Bertz CT molecular complexity index is 714. The molecule has 0 saturated heterocycles. The zero-order chi connectivity index (χ0) is 15.2. The van der Waals surface area contributed by atoms with E-state index in [1.807, 2.05) is 66.5 Å². The summed E-state index contributed by atoms with van der Waals surface area (Å²) in [5.74, 6) is 0.658. The summed E-state index contributed by atoms with van der Waals surface area (Å²) in [5.41, 5.74) is 3.12. The second-order valence-electron chi connectivity index (χ2n) is 4.95. The Balaban J connectivity index is 0.00000192. The van der Waals surface area contributed by atoms with Crippen LogP contribution in [0.5, 0.6) is 5.88 Å². The van der Waals surface area contributed by atoms with Crippen molar-refractivity contribution in [2.75, 3.05) is 20.2 Å². The quantitative estimate of drug-likeness (QED) is 0.703. The maximum atomic E-state index is 5.84. The van der Waals surface area contributed by atoms with Crippen molar-refractivity contribution in [3.8, 4) is 22.7 Å². The molecule has 1 N–H and O–H groups in total. The Morgan fingerprint density at radius 2 is 1.65 bits per heavy atom. The number of halogens is 1. The van der Waals surface area contributed by atoms with Gasteiger partial charge in [-0.25, -0.2) is 4.68 Å². The van der Waals surface area contributed by atoms with Crippen molar-refractivity contribution in [1.82, 2.24) is 15.1 Å². The van der Waals surface area contributed by atoms with Gasteiger partial charge < -0.3 is 10.1 Å². The number of nitrogens with zero attached hydrogens (tertiary/aromatic N) is 2. The fraction of sp³-hybridized carbons (Fsp3) is 0.167. The normalized spacial score (nSPS) is 10.1. The molecule has 3 aromatic rings. The van der Waals surface area contributed by atoms with Gasteiger partial charge in [0.1, 0.15) is 6.61 Å². The predicted octanol–water partition coefficient (Wildman–Crippen LogP) is 3.56. The predicted molar refractivity (Wildman–Crippen MR) is 95.7 cm³/mol. The molecule has 0 aliphatic rings. The lowest BCUT2D eigenvalue weighted by molar-refractivity contribution is 0.305. The molecule has 0 fully saturated rings. The topological polar surface area (TPSA) is 39.1 Å². The van der Waals surface area contributed by atoms with Crippen LogP contribution >= 0.6 is 12.4 Å². The van der Waals surface area contributed by atoms with Crippen LogP contribution in [-0.4, -0.2) is 30.0 Å². The van der Waals surface area contributed by atoms with Crippen molar-refractivity contribution >= 4 is 12.4 Å². The third-order valence-corrected chi connectivity index (χ3v) is 3.38. The molecule has 23 heavy (non-hydrogen) atoms. The number of rotatable bonds is 6. The number of nitrogens with one attached hydrogen (secondary N) is 1. The van der Waals surface area contributed by atoms with Gasteiger partial charge in [0.15, 0.2) is 0 Å². The SMILES string of the molecule is CNCCOc1nn(-c2ccccc2)cc1-c1ccccc1.Cl. The van der Waals surface area contributed by atoms with Crippen LogP contribution in [0.15, 0.2) is 66.9 Å². The summed E-state index contributed by atoms with van der Waals surface area (Å²) < 4.78 is 7.70. The molecule has 3 rings (SSSR count). The molecule has 0 radical (unpaired) electrons. The van der Waals surface area contributed by atoms with Crippen LogP contribution in [0.3, 0.4) is 0 Å². The van der Waals surface area contributed by atoms with Crippen LogP contribution in [0.25, 0.3) is 16.8 Å². The molecule has 0 aliphatic carbocycles. The molecule has 1 aromatic heterocycles. The highest BCUT2D eigenvalue weighted by molar-refractivity contribution is 5.85. The van der Waals surface area contributed by atoms with Crippen molar-refractivity contribution in [3.63, 3.8) is 0 Å². The summed E-state index contributed by atoms with van der Waals surface area (Å²) >= 11 is 0. The van der Waals surface area contributed by atoms with Gasteiger partial charge in [-0.2, -0.15) is 0 Å². The Hall–Kier alpha value is -2.30. The maximum absolute atomic E-state index is 5.84. The number of hydrogen-bond donors (Lipinski definition) is 1. The third kappa shape index (κ3) is 4.12. The minimum absolute atomic E-state index is 0. The zero-order valence-corrected chi connectivity index (χ0v) is 13.8. The van der Waals surface area contributed by atoms with Gasteiger partial charge in [0.2, 0.25) is 5.88 Å². The molecular weight excluding hydrogens is 310 g/mol. The second kappa shape index (κ2) is 8.36. The van der Waals surface area contributed by atoms with E-state index in [0.29, 0.717) is 12.5 Å². The number of aromatic nitrogens is 2. The van der Waals surface area contributed by atoms with Gasteiger partial charge in [0.05, 0.1) is 11.3 Å². The van der Waals surface area contributed by atoms with Gasteiger partial charge in [0.25, 0.3) is 0 Å². The fourth-order valence-corrected chi connectivity index (χ4v) is 2.24. The lowest BCUT2D eigenvalue weighted by atomic mass is 10.1. The van der Waals surface area contributed by atoms with Crippen molar-refractivity contribution in [2.45, 2.75) is 0 Å². The lowest BCUT2D eigenvalue weighted by Gasteiger charge is -2.05. The van der Waals surface area contributed by atoms with Crippen LogP contribution in [0.2, 0.25) is 0 Å². The average molecular weight is 330 g/mol. The molecule has 0 spiro atoms. The fourth-order valence-electron chi connectivity index (χ4n) is 2.24. The van der Waals surface area contributed by atoms with Crippen molar-refractivity contribution < 1.29 is 4.74 Å². The number of para-hydroxylation sites is 1. The summed E-state index contributed by atoms with van der Waals surface area (Å²) in [6.07, 6.45) is 2.01. The molecule has 0 aliphatic heterocycles. The average Bonchev–Trinajstić information content (AvgIpc) is 3.01. The highest BCUT2D eigenvalue weighted by Crippen LogP contribution is 2.29. The number of hydrogen-bond acceptors (Lipinski definition) is 3. The number of ether oxygens (including phenoxy) is 1. The van der Waals surface area contributed by atoms with Crippen LogP contribution in [0, 0.1) is 0 Å². The van der Waals surface area contributed by atoms with Gasteiger partial charge in [-0.3, -0.25) is 0 Å². The highest BCUT2D eigenvalue weighted by Gasteiger charge is 2.13. The second-order valence-corrected chi connectivity index (χ2v) is 4.95. The van der Waals surface area contributed by atoms with Crippen molar-refractivity contribution in [1.29, 1.82) is 0 Å². The first-order valence-corrected chi connectivity index (χ1v) is 7.36. The summed E-state index contributed by atoms with van der Waals surface area (Å²) in [5, 5.41) is 7.67. The minimum Gasteiger partial charge on any atom is -0.475 e. The minimum atomic E-state index is 0. The molecule has 1 heterocycles. The van der Waals surface area contributed by atoms with E-state index < -0.39 is 0 Å². The Labute approximate surface area is 142 Å². The molecule has 0 atom stereocenters. The van der Waals surface area contributed by atoms with E-state index in [2.05, 4.69) is 22.5 Å². The van der Waals surface area contributed by atoms with E-state index in [4.69, 9.17) is 4.74 Å². The van der Waals surface area contributed by atoms with E-state index in [9.17, 15) is 0 Å². The molecule has 0 unspecified atom stereocenters. The van der Waals surface area contributed by atoms with Crippen LogP contribution in [0.4, 0.5) is 0 Å². The first-order chi connectivity index (χ1) is 10.9. The van der Waals surface area contributed by atoms with Gasteiger partial charge in [-0.1, -0.05) is 48.5 Å². The molecule has 0 saturated carbocycles. The smallest absolute Gasteiger partial charge is 0.241 e. The van der Waals surface area contributed by atoms with Crippen molar-refractivity contribution in [3.05, 3.63) is 66.9 Å². The third-order valence-electron chi connectivity index (χ3n) is 3.38. The van der Waals surface area contributed by atoms with Gasteiger partial charge in [-0.15, -0.1) is 17.5 Å². The lowest BCUT2D eigenvalue weighted by Crippen LogP contribution is -2.16.